The first kappa shape index (κ1) is 15.7. The zero-order chi connectivity index (χ0) is 14.6. The molecule has 1 aromatic carbocycles. The van der Waals surface area contributed by atoms with Crippen molar-refractivity contribution in [3.05, 3.63) is 29.3 Å². The van der Waals surface area contributed by atoms with Crippen molar-refractivity contribution >= 4 is 11.6 Å². The Hall–Kier alpha value is -1.35. The number of amides is 1. The maximum atomic E-state index is 12.2. The van der Waals surface area contributed by atoms with Gasteiger partial charge < -0.3 is 5.32 Å². The van der Waals surface area contributed by atoms with Crippen molar-refractivity contribution in [1.82, 2.24) is 4.90 Å². The third-order valence-electron chi connectivity index (χ3n) is 3.40. The second-order valence-electron chi connectivity index (χ2n) is 5.67. The summed E-state index contributed by atoms with van der Waals surface area (Å²) in [6.45, 7) is 12.9. The predicted octanol–water partition coefficient (Wildman–Crippen LogP) is 3.36. The van der Waals surface area contributed by atoms with Crippen molar-refractivity contribution in [1.29, 1.82) is 0 Å². The van der Waals surface area contributed by atoms with E-state index < -0.39 is 0 Å². The number of anilines is 1. The number of hydrogen-bond donors (Lipinski definition) is 1. The van der Waals surface area contributed by atoms with Crippen LogP contribution in [0.2, 0.25) is 0 Å². The Morgan fingerprint density at radius 2 is 1.58 bits per heavy atom. The second-order valence-corrected chi connectivity index (χ2v) is 5.67. The minimum Gasteiger partial charge on any atom is -0.324 e. The molecule has 0 aromatic heterocycles. The maximum Gasteiger partial charge on any atom is 0.238 e. The summed E-state index contributed by atoms with van der Waals surface area (Å²) >= 11 is 0. The Bertz CT molecular complexity index is 410. The van der Waals surface area contributed by atoms with E-state index >= 15 is 0 Å². The van der Waals surface area contributed by atoms with Crippen molar-refractivity contribution in [3.63, 3.8) is 0 Å². The van der Waals surface area contributed by atoms with Gasteiger partial charge in [0.25, 0.3) is 0 Å². The van der Waals surface area contributed by atoms with E-state index in [1.54, 1.807) is 0 Å². The predicted molar refractivity (Wildman–Crippen MR) is 81.5 cm³/mol. The molecule has 19 heavy (non-hydrogen) atoms. The average molecular weight is 262 g/mol. The minimum atomic E-state index is 0.0554. The van der Waals surface area contributed by atoms with Crippen LogP contribution in [0.3, 0.4) is 0 Å². The van der Waals surface area contributed by atoms with Gasteiger partial charge >= 0.3 is 0 Å². The number of nitrogens with one attached hydrogen (secondary N) is 1. The maximum absolute atomic E-state index is 12.2. The van der Waals surface area contributed by atoms with Crippen LogP contribution in [0, 0.1) is 13.8 Å². The zero-order valence-electron chi connectivity index (χ0n) is 12.9. The summed E-state index contributed by atoms with van der Waals surface area (Å²) in [7, 11) is 0. The lowest BCUT2D eigenvalue weighted by Gasteiger charge is -2.29. The quantitative estimate of drug-likeness (QED) is 0.882. The zero-order valence-corrected chi connectivity index (χ0v) is 12.9. The Morgan fingerprint density at radius 1 is 1.11 bits per heavy atom. The number of rotatable bonds is 5. The molecule has 1 aromatic rings. The molecule has 1 amide bonds. The fourth-order valence-corrected chi connectivity index (χ4v) is 2.32. The molecule has 0 aliphatic carbocycles. The van der Waals surface area contributed by atoms with Gasteiger partial charge in [0, 0.05) is 17.8 Å². The van der Waals surface area contributed by atoms with Crippen molar-refractivity contribution < 1.29 is 4.79 Å². The van der Waals surface area contributed by atoms with Gasteiger partial charge in [-0.1, -0.05) is 18.2 Å². The molecule has 0 fully saturated rings. The number of benzene rings is 1. The van der Waals surface area contributed by atoms with Crippen LogP contribution in [0.5, 0.6) is 0 Å². The van der Waals surface area contributed by atoms with Crippen molar-refractivity contribution in [2.75, 3.05) is 11.9 Å². The molecule has 3 nitrogen and oxygen atoms in total. The first-order valence-electron chi connectivity index (χ1n) is 6.94. The van der Waals surface area contributed by atoms with Crippen molar-refractivity contribution in [2.45, 2.75) is 53.6 Å². The Kier molecular flexibility index (Phi) is 5.55. The van der Waals surface area contributed by atoms with Crippen LogP contribution in [-0.2, 0) is 4.79 Å². The smallest absolute Gasteiger partial charge is 0.238 e. The van der Waals surface area contributed by atoms with Crippen LogP contribution in [0.15, 0.2) is 18.2 Å². The van der Waals surface area contributed by atoms with Crippen molar-refractivity contribution in [3.8, 4) is 0 Å². The van der Waals surface area contributed by atoms with Gasteiger partial charge in [0.1, 0.15) is 0 Å². The van der Waals surface area contributed by atoms with Gasteiger partial charge in [0.15, 0.2) is 0 Å². The highest BCUT2D eigenvalue weighted by Gasteiger charge is 2.17. The van der Waals surface area contributed by atoms with Gasteiger partial charge in [-0.05, 0) is 52.7 Å². The molecule has 0 spiro atoms. The molecule has 0 radical (unpaired) electrons. The normalized spacial score (nSPS) is 11.4. The molecule has 0 atom stereocenters. The van der Waals surface area contributed by atoms with Crippen LogP contribution >= 0.6 is 0 Å². The van der Waals surface area contributed by atoms with Crippen molar-refractivity contribution in [2.24, 2.45) is 0 Å². The number of nitrogens with zero attached hydrogens (tertiary/aromatic N) is 1. The van der Waals surface area contributed by atoms with Gasteiger partial charge in [-0.25, -0.2) is 0 Å². The number of hydrogen-bond acceptors (Lipinski definition) is 2. The van der Waals surface area contributed by atoms with Crippen LogP contribution < -0.4 is 5.32 Å². The number of para-hydroxylation sites is 1. The highest BCUT2D eigenvalue weighted by molar-refractivity contribution is 5.93. The Morgan fingerprint density at radius 3 is 2.00 bits per heavy atom. The molecule has 0 aliphatic heterocycles. The monoisotopic (exact) mass is 262 g/mol. The number of aryl methyl sites for hydroxylation is 2. The third kappa shape index (κ3) is 4.35. The molecule has 106 valence electrons. The first-order chi connectivity index (χ1) is 8.82. The first-order valence-corrected chi connectivity index (χ1v) is 6.94. The molecule has 1 N–H and O–H groups in total. The topological polar surface area (TPSA) is 32.3 Å². The summed E-state index contributed by atoms with van der Waals surface area (Å²) < 4.78 is 0. The van der Waals surface area contributed by atoms with Gasteiger partial charge in [-0.3, -0.25) is 9.69 Å². The van der Waals surface area contributed by atoms with E-state index in [0.29, 0.717) is 18.6 Å². The second kappa shape index (κ2) is 6.71. The lowest BCUT2D eigenvalue weighted by atomic mass is 10.1. The Balaban J connectivity index is 2.75. The molecular formula is C16H26N2O. The Labute approximate surface area is 117 Å². The SMILES string of the molecule is Cc1cccc(C)c1NC(=O)CN(C(C)C)C(C)C. The summed E-state index contributed by atoms with van der Waals surface area (Å²) in [6.07, 6.45) is 0. The minimum absolute atomic E-state index is 0.0554. The van der Waals surface area contributed by atoms with Gasteiger partial charge in [0.05, 0.1) is 6.54 Å². The highest BCUT2D eigenvalue weighted by atomic mass is 16.2. The fraction of sp³-hybridized carbons (Fsp3) is 0.562. The van der Waals surface area contributed by atoms with E-state index in [2.05, 4.69) is 37.9 Å². The summed E-state index contributed by atoms with van der Waals surface area (Å²) in [6, 6.07) is 6.78. The van der Waals surface area contributed by atoms with E-state index in [1.165, 1.54) is 0 Å². The van der Waals surface area contributed by atoms with E-state index in [-0.39, 0.29) is 5.91 Å². The van der Waals surface area contributed by atoms with E-state index in [0.717, 1.165) is 16.8 Å². The summed E-state index contributed by atoms with van der Waals surface area (Å²) in [5, 5.41) is 3.04. The highest BCUT2D eigenvalue weighted by Crippen LogP contribution is 2.19. The summed E-state index contributed by atoms with van der Waals surface area (Å²) in [5.41, 5.74) is 3.16. The molecule has 1 rings (SSSR count). The largest absolute Gasteiger partial charge is 0.324 e. The third-order valence-corrected chi connectivity index (χ3v) is 3.40. The summed E-state index contributed by atoms with van der Waals surface area (Å²) in [5.74, 6) is 0.0554. The molecule has 0 saturated carbocycles. The fourth-order valence-electron chi connectivity index (χ4n) is 2.32. The van der Waals surface area contributed by atoms with Gasteiger partial charge in [0.2, 0.25) is 5.91 Å². The van der Waals surface area contributed by atoms with E-state index in [1.807, 2.05) is 32.0 Å². The molecule has 0 unspecified atom stereocenters. The average Bonchev–Trinajstić information content (AvgIpc) is 2.30. The van der Waals surface area contributed by atoms with E-state index in [4.69, 9.17) is 0 Å². The molecule has 0 aliphatic rings. The molecule has 0 heterocycles. The lowest BCUT2D eigenvalue weighted by molar-refractivity contribution is -0.118. The van der Waals surface area contributed by atoms with Crippen LogP contribution in [0.4, 0.5) is 5.69 Å². The van der Waals surface area contributed by atoms with Crippen LogP contribution in [0.1, 0.15) is 38.8 Å². The lowest BCUT2D eigenvalue weighted by Crippen LogP contribution is -2.42. The van der Waals surface area contributed by atoms with E-state index in [9.17, 15) is 4.79 Å². The van der Waals surface area contributed by atoms with Gasteiger partial charge in [-0.2, -0.15) is 0 Å². The number of carbonyl (C=O) groups excluding carboxylic acids is 1. The standard InChI is InChI=1S/C16H26N2O/c1-11(2)18(12(3)4)10-15(19)17-16-13(5)8-7-9-14(16)6/h7-9,11-12H,10H2,1-6H3,(H,17,19). The van der Waals surface area contributed by atoms with Crippen LogP contribution in [0.25, 0.3) is 0 Å². The molecule has 3 heteroatoms. The number of carbonyl (C=O) groups is 1. The van der Waals surface area contributed by atoms with Gasteiger partial charge in [-0.15, -0.1) is 0 Å². The molecular weight excluding hydrogens is 236 g/mol. The molecule has 0 saturated heterocycles. The molecule has 0 bridgehead atoms. The summed E-state index contributed by atoms with van der Waals surface area (Å²) in [4.78, 5) is 14.4. The van der Waals surface area contributed by atoms with Crippen LogP contribution in [-0.4, -0.2) is 29.4 Å².